The van der Waals surface area contributed by atoms with Crippen LogP contribution in [0, 0.1) is 5.82 Å². The molecule has 5 nitrogen and oxygen atoms in total. The number of rotatable bonds is 6. The summed E-state index contributed by atoms with van der Waals surface area (Å²) in [5.74, 6) is -1.23. The number of benzene rings is 2. The number of carbonyl (C=O) groups excluding carboxylic acids is 1. The van der Waals surface area contributed by atoms with Crippen LogP contribution < -0.4 is 0 Å². The molecule has 0 bridgehead atoms. The van der Waals surface area contributed by atoms with Crippen LogP contribution >= 0.6 is 0 Å². The van der Waals surface area contributed by atoms with Crippen LogP contribution in [0.3, 0.4) is 0 Å². The fourth-order valence-electron chi connectivity index (χ4n) is 4.04. The summed E-state index contributed by atoms with van der Waals surface area (Å²) in [7, 11) is 0. The molecule has 3 aromatic rings. The molecule has 1 aromatic heterocycles. The molecule has 0 aliphatic carbocycles. The van der Waals surface area contributed by atoms with Gasteiger partial charge in [-0.25, -0.2) is 9.37 Å². The Bertz CT molecular complexity index is 930. The average molecular weight is 379 g/mol. The molecule has 1 fully saturated rings. The minimum Gasteiger partial charge on any atom is -0.383 e. The van der Waals surface area contributed by atoms with E-state index in [-0.39, 0.29) is 11.7 Å². The molecule has 1 amide bonds. The van der Waals surface area contributed by atoms with E-state index >= 15 is 0 Å². The topological polar surface area (TPSA) is 58.4 Å². The van der Waals surface area contributed by atoms with E-state index in [2.05, 4.69) is 4.98 Å². The van der Waals surface area contributed by atoms with Crippen molar-refractivity contribution in [2.24, 2.45) is 0 Å². The molecule has 3 atom stereocenters. The third kappa shape index (κ3) is 3.43. The second-order valence-electron chi connectivity index (χ2n) is 7.03. The highest BCUT2D eigenvalue weighted by atomic mass is 19.1. The van der Waals surface area contributed by atoms with E-state index in [0.717, 1.165) is 5.56 Å². The van der Waals surface area contributed by atoms with E-state index in [0.29, 0.717) is 25.1 Å². The van der Waals surface area contributed by atoms with Crippen molar-refractivity contribution in [2.45, 2.75) is 31.0 Å². The highest BCUT2D eigenvalue weighted by Gasteiger charge is 2.49. The first kappa shape index (κ1) is 18.4. The molecule has 4 rings (SSSR count). The molecule has 1 aliphatic heterocycles. The third-order valence-corrected chi connectivity index (χ3v) is 5.34. The van der Waals surface area contributed by atoms with Crippen molar-refractivity contribution in [2.75, 3.05) is 6.54 Å². The van der Waals surface area contributed by atoms with Gasteiger partial charge in [-0.05, 0) is 18.1 Å². The van der Waals surface area contributed by atoms with Crippen molar-refractivity contribution in [1.29, 1.82) is 0 Å². The normalized spacial score (nSPS) is 22.0. The van der Waals surface area contributed by atoms with Gasteiger partial charge in [0.25, 0.3) is 5.91 Å². The first-order chi connectivity index (χ1) is 13.7. The number of imidazole rings is 1. The summed E-state index contributed by atoms with van der Waals surface area (Å²) in [6.45, 7) is 1.12. The van der Waals surface area contributed by atoms with Crippen molar-refractivity contribution in [3.05, 3.63) is 90.3 Å². The molecule has 3 unspecified atom stereocenters. The second-order valence-corrected chi connectivity index (χ2v) is 7.03. The molecule has 6 heteroatoms. The fraction of sp³-hybridized carbons (Fsp3) is 0.273. The number of hydrogen-bond donors (Lipinski definition) is 1. The summed E-state index contributed by atoms with van der Waals surface area (Å²) in [5, 5.41) is 10.8. The Morgan fingerprint density at radius 1 is 1.04 bits per heavy atom. The zero-order valence-corrected chi connectivity index (χ0v) is 15.4. The summed E-state index contributed by atoms with van der Waals surface area (Å²) < 4.78 is 16.6. The number of halogens is 1. The lowest BCUT2D eigenvalue weighted by molar-refractivity contribution is -0.135. The van der Waals surface area contributed by atoms with Gasteiger partial charge in [-0.2, -0.15) is 0 Å². The number of aromatic nitrogens is 2. The van der Waals surface area contributed by atoms with Crippen LogP contribution in [0.15, 0.2) is 73.3 Å². The van der Waals surface area contributed by atoms with Crippen LogP contribution in [0.5, 0.6) is 0 Å². The molecule has 2 aromatic carbocycles. The molecular formula is C22H22FN3O2. The number of amides is 1. The molecular weight excluding hydrogens is 357 g/mol. The van der Waals surface area contributed by atoms with Crippen molar-refractivity contribution < 1.29 is 14.3 Å². The quantitative estimate of drug-likeness (QED) is 0.716. The van der Waals surface area contributed by atoms with Crippen LogP contribution in [0.2, 0.25) is 0 Å². The third-order valence-electron chi connectivity index (χ3n) is 5.34. The predicted molar refractivity (Wildman–Crippen MR) is 103 cm³/mol. The highest BCUT2D eigenvalue weighted by Crippen LogP contribution is 2.45. The van der Waals surface area contributed by atoms with Gasteiger partial charge in [0.15, 0.2) is 0 Å². The van der Waals surface area contributed by atoms with E-state index in [9.17, 15) is 14.3 Å². The summed E-state index contributed by atoms with van der Waals surface area (Å²) in [6, 6.07) is 15.3. The van der Waals surface area contributed by atoms with Gasteiger partial charge in [0.05, 0.1) is 12.4 Å². The number of nitrogens with zero attached hydrogens (tertiary/aromatic N) is 3. The van der Waals surface area contributed by atoms with Gasteiger partial charge >= 0.3 is 0 Å². The Kier molecular flexibility index (Phi) is 5.21. The Labute approximate surface area is 163 Å². The second kappa shape index (κ2) is 7.94. The number of aliphatic hydroxyl groups is 1. The van der Waals surface area contributed by atoms with Crippen molar-refractivity contribution >= 4 is 5.91 Å². The zero-order chi connectivity index (χ0) is 19.5. The van der Waals surface area contributed by atoms with E-state index in [4.69, 9.17) is 0 Å². The highest BCUT2D eigenvalue weighted by molar-refractivity contribution is 5.85. The number of carbonyl (C=O) groups is 1. The Morgan fingerprint density at radius 3 is 2.50 bits per heavy atom. The molecule has 28 heavy (non-hydrogen) atoms. The lowest BCUT2D eigenvalue weighted by atomic mass is 9.86. The number of likely N-dealkylation sites (tertiary alicyclic amines) is 1. The summed E-state index contributed by atoms with van der Waals surface area (Å²) in [4.78, 5) is 18.6. The van der Waals surface area contributed by atoms with Crippen LogP contribution in [0.25, 0.3) is 0 Å². The minimum atomic E-state index is -1.19. The van der Waals surface area contributed by atoms with Crippen LogP contribution in [0.1, 0.15) is 29.5 Å². The van der Waals surface area contributed by atoms with Crippen molar-refractivity contribution in [1.82, 2.24) is 14.5 Å². The smallest absolute Gasteiger partial charge is 0.252 e. The Hall–Kier alpha value is -2.99. The molecule has 2 heterocycles. The van der Waals surface area contributed by atoms with Crippen molar-refractivity contribution in [3.63, 3.8) is 0 Å². The number of hydrogen-bond acceptors (Lipinski definition) is 3. The van der Waals surface area contributed by atoms with Crippen LogP contribution in [-0.2, 0) is 11.3 Å². The van der Waals surface area contributed by atoms with Gasteiger partial charge in [-0.1, -0.05) is 48.5 Å². The van der Waals surface area contributed by atoms with Crippen LogP contribution in [0.4, 0.5) is 4.39 Å². The maximum Gasteiger partial charge on any atom is 0.252 e. The first-order valence-electron chi connectivity index (χ1n) is 9.40. The summed E-state index contributed by atoms with van der Waals surface area (Å²) in [5.41, 5.74) is 1.26. The van der Waals surface area contributed by atoms with E-state index in [1.807, 2.05) is 41.1 Å². The Morgan fingerprint density at radius 2 is 1.79 bits per heavy atom. The fourth-order valence-corrected chi connectivity index (χ4v) is 4.04. The standard InChI is InChI=1S/C22H22FN3O2/c23-18-10-5-4-9-17(18)20-19(16-7-2-1-3-8-16)21(27)22(28)26(20)13-6-12-25-14-11-24-15-25/h1-5,7-11,14-15,19-21,27H,6,12-13H2. The van der Waals surface area contributed by atoms with Crippen LogP contribution in [-0.4, -0.2) is 38.1 Å². The zero-order valence-electron chi connectivity index (χ0n) is 15.4. The van der Waals surface area contributed by atoms with E-state index in [1.54, 1.807) is 35.6 Å². The largest absolute Gasteiger partial charge is 0.383 e. The number of aryl methyl sites for hydroxylation is 1. The average Bonchev–Trinajstić information content (AvgIpc) is 3.31. The molecule has 0 spiro atoms. The lowest BCUT2D eigenvalue weighted by Gasteiger charge is -2.29. The SMILES string of the molecule is O=C1C(O)C(c2ccccc2)C(c2ccccc2F)N1CCCn1ccnc1. The molecule has 1 aliphatic rings. The molecule has 144 valence electrons. The lowest BCUT2D eigenvalue weighted by Crippen LogP contribution is -2.32. The molecule has 0 radical (unpaired) electrons. The van der Waals surface area contributed by atoms with E-state index in [1.165, 1.54) is 6.07 Å². The van der Waals surface area contributed by atoms with Gasteiger partial charge in [-0.15, -0.1) is 0 Å². The first-order valence-corrected chi connectivity index (χ1v) is 9.40. The Balaban J connectivity index is 1.66. The maximum absolute atomic E-state index is 14.7. The summed E-state index contributed by atoms with van der Waals surface area (Å²) in [6.07, 6.45) is 4.78. The van der Waals surface area contributed by atoms with Gasteiger partial charge in [-0.3, -0.25) is 4.79 Å². The summed E-state index contributed by atoms with van der Waals surface area (Å²) >= 11 is 0. The monoisotopic (exact) mass is 379 g/mol. The maximum atomic E-state index is 14.7. The van der Waals surface area contributed by atoms with Gasteiger partial charge in [0.2, 0.25) is 0 Å². The van der Waals surface area contributed by atoms with E-state index < -0.39 is 18.1 Å². The molecule has 1 saturated heterocycles. The van der Waals surface area contributed by atoms with Gasteiger partial charge < -0.3 is 14.6 Å². The minimum absolute atomic E-state index is 0.354. The molecule has 0 saturated carbocycles. The molecule has 1 N–H and O–H groups in total. The number of aliphatic hydroxyl groups excluding tert-OH is 1. The predicted octanol–water partition coefficient (Wildman–Crippen LogP) is 3.14. The van der Waals surface area contributed by atoms with Crippen molar-refractivity contribution in [3.8, 4) is 0 Å². The van der Waals surface area contributed by atoms with Gasteiger partial charge in [0.1, 0.15) is 11.9 Å². The van der Waals surface area contributed by atoms with Gasteiger partial charge in [0, 0.05) is 37.0 Å².